The van der Waals surface area contributed by atoms with Crippen LogP contribution in [0.5, 0.6) is 5.75 Å². The number of rotatable bonds is 6. The van der Waals surface area contributed by atoms with E-state index in [2.05, 4.69) is 10.4 Å². The smallest absolute Gasteiger partial charge is 0.341 e. The number of carbonyl (C=O) groups is 3. The third kappa shape index (κ3) is 4.07. The summed E-state index contributed by atoms with van der Waals surface area (Å²) >= 11 is 0. The SMILES string of the molecule is CCOC(=O)c1cnn2ccc(NC(=O)C3CC(=O)N(c4cccc(OC)c4)C3)cc12. The number of esters is 1. The minimum Gasteiger partial charge on any atom is -0.497 e. The Balaban J connectivity index is 1.49. The summed E-state index contributed by atoms with van der Waals surface area (Å²) < 4.78 is 11.8. The zero-order valence-corrected chi connectivity index (χ0v) is 17.2. The highest BCUT2D eigenvalue weighted by Crippen LogP contribution is 2.28. The number of pyridine rings is 1. The van der Waals surface area contributed by atoms with Crippen molar-refractivity contribution in [3.8, 4) is 5.75 Å². The molecule has 1 N–H and O–H groups in total. The summed E-state index contributed by atoms with van der Waals surface area (Å²) in [5, 5.41) is 6.97. The first-order chi connectivity index (χ1) is 15.0. The fraction of sp³-hybridized carbons (Fsp3) is 0.273. The van der Waals surface area contributed by atoms with Crippen LogP contribution in [0.2, 0.25) is 0 Å². The fourth-order valence-electron chi connectivity index (χ4n) is 3.58. The Kier molecular flexibility index (Phi) is 5.57. The number of methoxy groups -OCH3 is 1. The van der Waals surface area contributed by atoms with Gasteiger partial charge in [0.15, 0.2) is 0 Å². The van der Waals surface area contributed by atoms with Gasteiger partial charge in [-0.2, -0.15) is 5.10 Å². The molecule has 2 aromatic heterocycles. The van der Waals surface area contributed by atoms with E-state index in [0.29, 0.717) is 28.2 Å². The lowest BCUT2D eigenvalue weighted by Gasteiger charge is -2.17. The van der Waals surface area contributed by atoms with Crippen LogP contribution in [-0.2, 0) is 14.3 Å². The number of fused-ring (bicyclic) bond motifs is 1. The van der Waals surface area contributed by atoms with Gasteiger partial charge in [-0.3, -0.25) is 9.59 Å². The molecule has 1 aliphatic rings. The lowest BCUT2D eigenvalue weighted by molar-refractivity contribution is -0.122. The topological polar surface area (TPSA) is 102 Å². The van der Waals surface area contributed by atoms with Crippen molar-refractivity contribution in [2.45, 2.75) is 13.3 Å². The van der Waals surface area contributed by atoms with E-state index in [9.17, 15) is 14.4 Å². The summed E-state index contributed by atoms with van der Waals surface area (Å²) in [6.07, 6.45) is 3.20. The molecule has 4 rings (SSSR count). The fourth-order valence-corrected chi connectivity index (χ4v) is 3.58. The third-order valence-corrected chi connectivity index (χ3v) is 5.15. The van der Waals surface area contributed by atoms with Crippen LogP contribution in [0.25, 0.3) is 5.52 Å². The van der Waals surface area contributed by atoms with Crippen LogP contribution in [0.3, 0.4) is 0 Å². The first-order valence-electron chi connectivity index (χ1n) is 9.90. The van der Waals surface area contributed by atoms with Crippen LogP contribution in [0, 0.1) is 5.92 Å². The van der Waals surface area contributed by atoms with Crippen molar-refractivity contribution in [2.24, 2.45) is 5.92 Å². The van der Waals surface area contributed by atoms with Crippen LogP contribution < -0.4 is 15.0 Å². The Morgan fingerprint density at radius 3 is 2.87 bits per heavy atom. The first-order valence-corrected chi connectivity index (χ1v) is 9.90. The van der Waals surface area contributed by atoms with Gasteiger partial charge in [0.2, 0.25) is 11.8 Å². The summed E-state index contributed by atoms with van der Waals surface area (Å²) in [5.74, 6) is -0.713. The van der Waals surface area contributed by atoms with Gasteiger partial charge in [0.05, 0.1) is 31.3 Å². The van der Waals surface area contributed by atoms with Crippen molar-refractivity contribution in [3.63, 3.8) is 0 Å². The van der Waals surface area contributed by atoms with Gasteiger partial charge in [-0.15, -0.1) is 0 Å². The Hall–Kier alpha value is -3.88. The quantitative estimate of drug-likeness (QED) is 0.613. The molecule has 160 valence electrons. The zero-order valence-electron chi connectivity index (χ0n) is 17.2. The molecule has 9 nitrogen and oxygen atoms in total. The molecule has 1 fully saturated rings. The number of nitrogens with one attached hydrogen (secondary N) is 1. The summed E-state index contributed by atoms with van der Waals surface area (Å²) in [4.78, 5) is 39.0. The summed E-state index contributed by atoms with van der Waals surface area (Å²) in [7, 11) is 1.56. The highest BCUT2D eigenvalue weighted by Gasteiger charge is 2.35. The van der Waals surface area contributed by atoms with E-state index in [4.69, 9.17) is 9.47 Å². The number of anilines is 2. The lowest BCUT2D eigenvalue weighted by Crippen LogP contribution is -2.28. The minimum absolute atomic E-state index is 0.117. The molecule has 1 aromatic carbocycles. The Morgan fingerprint density at radius 2 is 2.10 bits per heavy atom. The average Bonchev–Trinajstić information content (AvgIpc) is 3.37. The number of aromatic nitrogens is 2. The maximum Gasteiger partial charge on any atom is 0.341 e. The van der Waals surface area contributed by atoms with Crippen molar-refractivity contribution in [2.75, 3.05) is 30.5 Å². The van der Waals surface area contributed by atoms with E-state index in [1.807, 2.05) is 6.07 Å². The van der Waals surface area contributed by atoms with Crippen molar-refractivity contribution in [1.29, 1.82) is 0 Å². The molecule has 0 aliphatic carbocycles. The number of carbonyl (C=O) groups excluding carboxylic acids is 3. The number of ether oxygens (including phenoxy) is 2. The molecule has 1 atom stereocenters. The van der Waals surface area contributed by atoms with E-state index in [1.165, 1.54) is 10.7 Å². The number of amides is 2. The molecule has 0 bridgehead atoms. The molecule has 0 spiro atoms. The molecular weight excluding hydrogens is 400 g/mol. The van der Waals surface area contributed by atoms with Crippen LogP contribution in [0.1, 0.15) is 23.7 Å². The second-order valence-corrected chi connectivity index (χ2v) is 7.12. The standard InChI is InChI=1S/C22H22N4O5/c1-3-31-22(29)18-12-23-26-8-7-15(10-19(18)26)24-21(28)14-9-20(27)25(13-14)16-5-4-6-17(11-16)30-2/h4-8,10-12,14H,3,9,13H2,1-2H3,(H,24,28). The van der Waals surface area contributed by atoms with Gasteiger partial charge in [0, 0.05) is 36.6 Å². The third-order valence-electron chi connectivity index (χ3n) is 5.15. The molecule has 2 amide bonds. The van der Waals surface area contributed by atoms with Crippen LogP contribution in [0.4, 0.5) is 11.4 Å². The molecule has 3 heterocycles. The second-order valence-electron chi connectivity index (χ2n) is 7.12. The minimum atomic E-state index is -0.496. The van der Waals surface area contributed by atoms with E-state index in [1.54, 1.807) is 55.5 Å². The van der Waals surface area contributed by atoms with Crippen molar-refractivity contribution >= 4 is 34.7 Å². The van der Waals surface area contributed by atoms with E-state index < -0.39 is 11.9 Å². The lowest BCUT2D eigenvalue weighted by atomic mass is 10.1. The average molecular weight is 422 g/mol. The molecule has 0 saturated carbocycles. The van der Waals surface area contributed by atoms with Crippen molar-refractivity contribution in [3.05, 3.63) is 54.4 Å². The molecule has 0 radical (unpaired) electrons. The molecule has 1 saturated heterocycles. The van der Waals surface area contributed by atoms with Gasteiger partial charge in [-0.1, -0.05) is 6.07 Å². The summed E-state index contributed by atoms with van der Waals surface area (Å²) in [5.41, 5.74) is 2.05. The molecule has 9 heteroatoms. The Morgan fingerprint density at radius 1 is 1.26 bits per heavy atom. The normalized spacial score (nSPS) is 15.9. The summed E-state index contributed by atoms with van der Waals surface area (Å²) in [6.45, 7) is 2.26. The molecule has 31 heavy (non-hydrogen) atoms. The van der Waals surface area contributed by atoms with Crippen LogP contribution in [0.15, 0.2) is 48.8 Å². The van der Waals surface area contributed by atoms with Crippen LogP contribution >= 0.6 is 0 Å². The maximum absolute atomic E-state index is 12.8. The number of nitrogens with zero attached hydrogens (tertiary/aromatic N) is 3. The van der Waals surface area contributed by atoms with Gasteiger partial charge in [0.25, 0.3) is 0 Å². The highest BCUT2D eigenvalue weighted by atomic mass is 16.5. The van der Waals surface area contributed by atoms with E-state index in [-0.39, 0.29) is 31.4 Å². The Bertz CT molecular complexity index is 1160. The molecule has 1 aliphatic heterocycles. The largest absolute Gasteiger partial charge is 0.497 e. The van der Waals surface area contributed by atoms with Gasteiger partial charge in [-0.25, -0.2) is 9.31 Å². The molecule has 3 aromatic rings. The highest BCUT2D eigenvalue weighted by molar-refractivity contribution is 6.04. The number of benzene rings is 1. The maximum atomic E-state index is 12.8. The van der Waals surface area contributed by atoms with Gasteiger partial charge >= 0.3 is 5.97 Å². The van der Waals surface area contributed by atoms with Gasteiger partial charge < -0.3 is 19.7 Å². The molecule has 1 unspecified atom stereocenters. The zero-order chi connectivity index (χ0) is 22.0. The first kappa shape index (κ1) is 20.4. The van der Waals surface area contributed by atoms with Gasteiger partial charge in [0.1, 0.15) is 11.3 Å². The monoisotopic (exact) mass is 422 g/mol. The Labute approximate surface area is 178 Å². The second kappa shape index (κ2) is 8.47. The number of hydrogen-bond donors (Lipinski definition) is 1. The number of hydrogen-bond acceptors (Lipinski definition) is 6. The van der Waals surface area contributed by atoms with E-state index >= 15 is 0 Å². The predicted octanol–water partition coefficient (Wildman–Crippen LogP) is 2.51. The molecular formula is C22H22N4O5. The van der Waals surface area contributed by atoms with Crippen molar-refractivity contribution in [1.82, 2.24) is 9.61 Å². The summed E-state index contributed by atoms with van der Waals surface area (Å²) in [6, 6.07) is 10.5. The van der Waals surface area contributed by atoms with Gasteiger partial charge in [-0.05, 0) is 31.2 Å². The predicted molar refractivity (Wildman–Crippen MR) is 113 cm³/mol. The van der Waals surface area contributed by atoms with Crippen LogP contribution in [-0.4, -0.2) is 47.7 Å². The van der Waals surface area contributed by atoms with Crippen molar-refractivity contribution < 1.29 is 23.9 Å². The van der Waals surface area contributed by atoms with E-state index in [0.717, 1.165) is 0 Å².